The highest BCUT2D eigenvalue weighted by atomic mass is 16.5. The molecule has 154 valence electrons. The Morgan fingerprint density at radius 1 is 1.11 bits per heavy atom. The highest BCUT2D eigenvalue weighted by Crippen LogP contribution is 2.43. The monoisotopic (exact) mass is 382 g/mol. The van der Waals surface area contributed by atoms with Gasteiger partial charge in [-0.15, -0.1) is 0 Å². The van der Waals surface area contributed by atoms with Gasteiger partial charge in [0.25, 0.3) is 0 Å². The lowest BCUT2D eigenvalue weighted by molar-refractivity contribution is -0.150. The van der Waals surface area contributed by atoms with Crippen LogP contribution in [0.4, 0.5) is 0 Å². The van der Waals surface area contributed by atoms with Crippen LogP contribution in [0, 0.1) is 17.8 Å². The van der Waals surface area contributed by atoms with E-state index in [1.54, 1.807) is 0 Å². The topological polar surface area (TPSA) is 26.3 Å². The minimum Gasteiger partial charge on any atom is -0.459 e. The second-order valence-electron chi connectivity index (χ2n) is 9.74. The summed E-state index contributed by atoms with van der Waals surface area (Å²) in [7, 11) is 0. The predicted molar refractivity (Wildman–Crippen MR) is 116 cm³/mol. The van der Waals surface area contributed by atoms with Crippen LogP contribution in [-0.4, -0.2) is 12.1 Å². The molecule has 2 fully saturated rings. The molecule has 0 spiro atoms. The molecule has 28 heavy (non-hydrogen) atoms. The summed E-state index contributed by atoms with van der Waals surface area (Å²) in [6.07, 6.45) is 11.0. The average molecular weight is 383 g/mol. The van der Waals surface area contributed by atoms with E-state index in [9.17, 15) is 4.79 Å². The number of carbonyl (C=O) groups excluding carboxylic acids is 1. The van der Waals surface area contributed by atoms with Crippen molar-refractivity contribution in [2.45, 2.75) is 90.6 Å². The first kappa shape index (κ1) is 21.1. The summed E-state index contributed by atoms with van der Waals surface area (Å²) < 4.78 is 6.12. The third-order valence-electron chi connectivity index (χ3n) is 7.41. The van der Waals surface area contributed by atoms with Crippen LogP contribution >= 0.6 is 0 Å². The van der Waals surface area contributed by atoms with Gasteiger partial charge in [-0.3, -0.25) is 0 Å². The van der Waals surface area contributed by atoms with Crippen LogP contribution in [0.3, 0.4) is 0 Å². The van der Waals surface area contributed by atoms with E-state index >= 15 is 0 Å². The van der Waals surface area contributed by atoms with Gasteiger partial charge in [0, 0.05) is 12.0 Å². The number of hydrogen-bond donors (Lipinski definition) is 0. The van der Waals surface area contributed by atoms with Gasteiger partial charge in [0.15, 0.2) is 0 Å². The first-order valence-electron chi connectivity index (χ1n) is 11.4. The van der Waals surface area contributed by atoms with Gasteiger partial charge < -0.3 is 4.74 Å². The molecule has 0 bridgehead atoms. The molecule has 3 atom stereocenters. The van der Waals surface area contributed by atoms with E-state index in [1.807, 2.05) is 6.08 Å². The SMILES string of the molecule is CCC1CCC(=CC(=O)O[C@@H]2C[C@H](C)CC[C@H]2C(C)(C)c2ccccc2)CC1. The third kappa shape index (κ3) is 5.07. The molecule has 2 aliphatic carbocycles. The van der Waals surface area contributed by atoms with Crippen molar-refractivity contribution in [2.24, 2.45) is 17.8 Å². The van der Waals surface area contributed by atoms with Gasteiger partial charge in [0.05, 0.1) is 0 Å². The van der Waals surface area contributed by atoms with Crippen LogP contribution in [0.15, 0.2) is 42.0 Å². The molecule has 2 saturated carbocycles. The molecule has 0 amide bonds. The van der Waals surface area contributed by atoms with Crippen LogP contribution < -0.4 is 0 Å². The molecule has 0 aliphatic heterocycles. The molecule has 0 saturated heterocycles. The minimum absolute atomic E-state index is 0.00131. The van der Waals surface area contributed by atoms with Crippen molar-refractivity contribution in [3.63, 3.8) is 0 Å². The Bertz CT molecular complexity index is 663. The van der Waals surface area contributed by atoms with E-state index in [2.05, 4.69) is 58.0 Å². The second kappa shape index (κ2) is 9.29. The van der Waals surface area contributed by atoms with Gasteiger partial charge in [-0.2, -0.15) is 0 Å². The van der Waals surface area contributed by atoms with Crippen LogP contribution in [-0.2, 0) is 14.9 Å². The molecule has 1 aromatic rings. The summed E-state index contributed by atoms with van der Waals surface area (Å²) in [6.45, 7) is 9.19. The van der Waals surface area contributed by atoms with Crippen molar-refractivity contribution in [2.75, 3.05) is 0 Å². The molecule has 2 aliphatic rings. The van der Waals surface area contributed by atoms with E-state index in [-0.39, 0.29) is 17.5 Å². The third-order valence-corrected chi connectivity index (χ3v) is 7.41. The number of rotatable bonds is 5. The van der Waals surface area contributed by atoms with E-state index in [1.165, 1.54) is 36.8 Å². The van der Waals surface area contributed by atoms with E-state index in [0.717, 1.165) is 31.6 Å². The van der Waals surface area contributed by atoms with Crippen molar-refractivity contribution in [1.29, 1.82) is 0 Å². The zero-order chi connectivity index (χ0) is 20.1. The number of hydrogen-bond acceptors (Lipinski definition) is 2. The average Bonchev–Trinajstić information content (AvgIpc) is 2.69. The Morgan fingerprint density at radius 2 is 1.79 bits per heavy atom. The molecule has 0 unspecified atom stereocenters. The maximum Gasteiger partial charge on any atom is 0.330 e. The van der Waals surface area contributed by atoms with Gasteiger partial charge >= 0.3 is 5.97 Å². The fourth-order valence-electron chi connectivity index (χ4n) is 5.32. The predicted octanol–water partition coefficient (Wildman–Crippen LogP) is 6.84. The van der Waals surface area contributed by atoms with E-state index in [0.29, 0.717) is 11.8 Å². The zero-order valence-corrected chi connectivity index (χ0v) is 18.2. The first-order chi connectivity index (χ1) is 13.4. The maximum absolute atomic E-state index is 12.7. The lowest BCUT2D eigenvalue weighted by atomic mass is 9.64. The van der Waals surface area contributed by atoms with Gasteiger partial charge in [0.1, 0.15) is 6.10 Å². The van der Waals surface area contributed by atoms with Crippen molar-refractivity contribution in [3.8, 4) is 0 Å². The van der Waals surface area contributed by atoms with Crippen molar-refractivity contribution < 1.29 is 9.53 Å². The Kier molecular flexibility index (Phi) is 7.01. The Balaban J connectivity index is 1.70. The molecule has 1 aromatic carbocycles. The largest absolute Gasteiger partial charge is 0.459 e. The standard InChI is InChI=1S/C26H38O2/c1-5-20-12-14-21(15-13-20)18-25(27)28-24-17-19(2)11-16-23(24)26(3,4)22-9-7-6-8-10-22/h6-10,18-20,23-24H,5,11-17H2,1-4H3/t19-,20?,23-,24-/m1/s1. The fourth-order valence-corrected chi connectivity index (χ4v) is 5.32. The molecule has 0 N–H and O–H groups in total. The molecule has 0 heterocycles. The van der Waals surface area contributed by atoms with E-state index in [4.69, 9.17) is 4.74 Å². The van der Waals surface area contributed by atoms with Crippen LogP contribution in [0.5, 0.6) is 0 Å². The summed E-state index contributed by atoms with van der Waals surface area (Å²) in [5.74, 6) is 1.71. The molecule has 2 nitrogen and oxygen atoms in total. The number of carbonyl (C=O) groups is 1. The summed E-state index contributed by atoms with van der Waals surface area (Å²) in [5.41, 5.74) is 2.63. The Morgan fingerprint density at radius 3 is 2.43 bits per heavy atom. The molecule has 0 radical (unpaired) electrons. The summed E-state index contributed by atoms with van der Waals surface area (Å²) in [5, 5.41) is 0. The highest BCUT2D eigenvalue weighted by Gasteiger charge is 2.41. The number of esters is 1. The van der Waals surface area contributed by atoms with E-state index < -0.39 is 0 Å². The van der Waals surface area contributed by atoms with Crippen LogP contribution in [0.2, 0.25) is 0 Å². The lowest BCUT2D eigenvalue weighted by Gasteiger charge is -2.43. The summed E-state index contributed by atoms with van der Waals surface area (Å²) in [4.78, 5) is 12.7. The van der Waals surface area contributed by atoms with Gasteiger partial charge in [-0.25, -0.2) is 4.79 Å². The van der Waals surface area contributed by atoms with Gasteiger partial charge in [-0.1, -0.05) is 76.4 Å². The van der Waals surface area contributed by atoms with Crippen molar-refractivity contribution in [1.82, 2.24) is 0 Å². The lowest BCUT2D eigenvalue weighted by Crippen LogP contribution is -2.43. The number of benzene rings is 1. The quantitative estimate of drug-likeness (QED) is 0.412. The number of allylic oxidation sites excluding steroid dienone is 1. The highest BCUT2D eigenvalue weighted by molar-refractivity contribution is 5.83. The fraction of sp³-hybridized carbons (Fsp3) is 0.654. The van der Waals surface area contributed by atoms with Crippen molar-refractivity contribution >= 4 is 5.97 Å². The maximum atomic E-state index is 12.7. The first-order valence-corrected chi connectivity index (χ1v) is 11.4. The van der Waals surface area contributed by atoms with Gasteiger partial charge in [0.2, 0.25) is 0 Å². The molecule has 0 aromatic heterocycles. The van der Waals surface area contributed by atoms with Crippen molar-refractivity contribution in [3.05, 3.63) is 47.5 Å². The molecule has 3 rings (SSSR count). The number of ether oxygens (including phenoxy) is 1. The van der Waals surface area contributed by atoms with Gasteiger partial charge in [-0.05, 0) is 61.3 Å². The molecular formula is C26H38O2. The zero-order valence-electron chi connectivity index (χ0n) is 18.2. The summed E-state index contributed by atoms with van der Waals surface area (Å²) >= 11 is 0. The molecule has 2 heteroatoms. The Hall–Kier alpha value is -1.57. The summed E-state index contributed by atoms with van der Waals surface area (Å²) in [6, 6.07) is 10.7. The van der Waals surface area contributed by atoms with Crippen LogP contribution in [0.25, 0.3) is 0 Å². The van der Waals surface area contributed by atoms with Crippen LogP contribution in [0.1, 0.15) is 84.6 Å². The Labute approximate surface area is 171 Å². The minimum atomic E-state index is -0.113. The molecular weight excluding hydrogens is 344 g/mol. The smallest absolute Gasteiger partial charge is 0.330 e. The normalized spacial score (nSPS) is 28.6. The second-order valence-corrected chi connectivity index (χ2v) is 9.74.